The molecule has 1 aliphatic rings. The van der Waals surface area contributed by atoms with Crippen molar-refractivity contribution in [1.82, 2.24) is 14.5 Å². The van der Waals surface area contributed by atoms with Crippen LogP contribution >= 0.6 is 11.6 Å². The average molecular weight is 409 g/mol. The van der Waals surface area contributed by atoms with Crippen molar-refractivity contribution in [2.45, 2.75) is 44.6 Å². The Labute approximate surface area is 167 Å². The van der Waals surface area contributed by atoms with E-state index in [1.54, 1.807) is 26.1 Å². The number of terminal acetylenes is 1. The highest BCUT2D eigenvalue weighted by atomic mass is 35.5. The Hall–Kier alpha value is -2.54. The molecule has 1 unspecified atom stereocenters. The lowest BCUT2D eigenvalue weighted by atomic mass is 10.0. The number of hydrogen-bond acceptors (Lipinski definition) is 8. The monoisotopic (exact) mass is 408 g/mol. The molecule has 0 bridgehead atoms. The van der Waals surface area contributed by atoms with E-state index >= 15 is 0 Å². The van der Waals surface area contributed by atoms with Gasteiger partial charge in [-0.1, -0.05) is 5.92 Å². The van der Waals surface area contributed by atoms with Crippen molar-refractivity contribution in [3.63, 3.8) is 0 Å². The third kappa shape index (κ3) is 4.30. The van der Waals surface area contributed by atoms with Gasteiger partial charge in [-0.05, 0) is 44.4 Å². The minimum atomic E-state index is -0.949. The number of fused-ring (bicyclic) bond motifs is 1. The van der Waals surface area contributed by atoms with E-state index in [1.807, 2.05) is 4.57 Å². The van der Waals surface area contributed by atoms with Crippen LogP contribution in [-0.4, -0.2) is 45.8 Å². The van der Waals surface area contributed by atoms with Crippen LogP contribution in [0.5, 0.6) is 0 Å². The van der Waals surface area contributed by atoms with Crippen LogP contribution in [0, 0.1) is 12.3 Å². The molecule has 150 valence electrons. The smallest absolute Gasteiger partial charge is 0.432 e. The molecule has 1 fully saturated rings. The minimum Gasteiger partial charge on any atom is -0.432 e. The number of rotatable bonds is 6. The molecular weight excluding hydrogens is 388 g/mol. The van der Waals surface area contributed by atoms with Crippen molar-refractivity contribution in [2.75, 3.05) is 19.1 Å². The number of nitrogen functional groups attached to an aromatic ring is 1. The van der Waals surface area contributed by atoms with Crippen LogP contribution in [0.2, 0.25) is 5.28 Å². The Balaban J connectivity index is 1.63. The predicted octanol–water partition coefficient (Wildman–Crippen LogP) is 2.88. The first kappa shape index (κ1) is 20.2. The maximum absolute atomic E-state index is 11.4. The van der Waals surface area contributed by atoms with Crippen molar-refractivity contribution < 1.29 is 23.7 Å². The second-order valence-electron chi connectivity index (χ2n) is 6.62. The van der Waals surface area contributed by atoms with Gasteiger partial charge in [-0.25, -0.2) is 9.78 Å². The molecule has 0 aromatic carbocycles. The number of nitrogens with zero attached hydrogens (tertiary/aromatic N) is 3. The number of aromatic nitrogens is 3. The molecule has 28 heavy (non-hydrogen) atoms. The van der Waals surface area contributed by atoms with E-state index < -0.39 is 11.8 Å². The number of hydrogen-bond donors (Lipinski definition) is 1. The third-order valence-electron chi connectivity index (χ3n) is 4.23. The van der Waals surface area contributed by atoms with Crippen LogP contribution in [0.3, 0.4) is 0 Å². The normalized spacial score (nSPS) is 21.8. The van der Waals surface area contributed by atoms with Crippen LogP contribution in [0.4, 0.5) is 10.6 Å². The summed E-state index contributed by atoms with van der Waals surface area (Å²) in [5, 5.41) is 0.736. The summed E-state index contributed by atoms with van der Waals surface area (Å²) in [6, 6.07) is 1.80. The second-order valence-corrected chi connectivity index (χ2v) is 6.95. The van der Waals surface area contributed by atoms with E-state index in [0.29, 0.717) is 29.7 Å². The molecule has 9 nitrogen and oxygen atoms in total. The van der Waals surface area contributed by atoms with E-state index in [4.69, 9.17) is 42.7 Å². The molecule has 2 atom stereocenters. The summed E-state index contributed by atoms with van der Waals surface area (Å²) in [4.78, 5) is 19.5. The second kappa shape index (κ2) is 8.22. The van der Waals surface area contributed by atoms with Gasteiger partial charge in [-0.2, -0.15) is 4.98 Å². The Kier molecular flexibility index (Phi) is 5.93. The number of nitrogens with two attached hydrogens (primary N) is 1. The quantitative estimate of drug-likeness (QED) is 0.255. The van der Waals surface area contributed by atoms with Gasteiger partial charge in [0.25, 0.3) is 0 Å². The first-order chi connectivity index (χ1) is 13.3. The number of halogens is 1. The number of carbonyl (C=O) groups is 1. The van der Waals surface area contributed by atoms with Crippen molar-refractivity contribution in [3.05, 3.63) is 17.5 Å². The van der Waals surface area contributed by atoms with Crippen molar-refractivity contribution in [2.24, 2.45) is 0 Å². The zero-order chi connectivity index (χ0) is 20.3. The van der Waals surface area contributed by atoms with Crippen LogP contribution < -0.4 is 5.73 Å². The molecule has 3 heterocycles. The van der Waals surface area contributed by atoms with Gasteiger partial charge in [-0.3, -0.25) is 0 Å². The zero-order valence-electron chi connectivity index (χ0n) is 15.6. The summed E-state index contributed by atoms with van der Waals surface area (Å²) in [6.07, 6.45) is 7.24. The average Bonchev–Trinajstić information content (AvgIpc) is 3.23. The fourth-order valence-corrected chi connectivity index (χ4v) is 3.14. The molecule has 0 radical (unpaired) electrons. The van der Waals surface area contributed by atoms with Gasteiger partial charge in [0.1, 0.15) is 17.7 Å². The van der Waals surface area contributed by atoms with Gasteiger partial charge in [0.15, 0.2) is 12.4 Å². The van der Waals surface area contributed by atoms with Crippen molar-refractivity contribution >= 4 is 34.6 Å². The summed E-state index contributed by atoms with van der Waals surface area (Å²) < 4.78 is 23.0. The molecule has 1 saturated heterocycles. The molecule has 2 aromatic rings. The first-order valence-corrected chi connectivity index (χ1v) is 9.07. The van der Waals surface area contributed by atoms with Gasteiger partial charge < -0.3 is 29.2 Å². The number of anilines is 1. The Bertz CT molecular complexity index is 909. The fourth-order valence-electron chi connectivity index (χ4n) is 2.97. The fraction of sp³-hybridized carbons (Fsp3) is 0.500. The van der Waals surface area contributed by atoms with Crippen LogP contribution in [0.15, 0.2) is 12.3 Å². The van der Waals surface area contributed by atoms with Crippen LogP contribution in [0.1, 0.15) is 32.9 Å². The number of ether oxygens (including phenoxy) is 4. The minimum absolute atomic E-state index is 0.0555. The molecular formula is C18H21ClN4O5. The molecule has 3 rings (SSSR count). The first-order valence-electron chi connectivity index (χ1n) is 8.70. The van der Waals surface area contributed by atoms with Crippen LogP contribution in [-0.2, 0) is 18.9 Å². The lowest BCUT2D eigenvalue weighted by molar-refractivity contribution is -0.115. The van der Waals surface area contributed by atoms with Crippen molar-refractivity contribution in [1.29, 1.82) is 0 Å². The summed E-state index contributed by atoms with van der Waals surface area (Å²) in [5.74, 6) is 2.94. The Morgan fingerprint density at radius 2 is 2.36 bits per heavy atom. The molecule has 1 aliphatic heterocycles. The lowest BCUT2D eigenvalue weighted by Crippen LogP contribution is -2.33. The van der Waals surface area contributed by atoms with E-state index in [-0.39, 0.29) is 31.0 Å². The third-order valence-corrected chi connectivity index (χ3v) is 4.40. The Morgan fingerprint density at radius 3 is 3.07 bits per heavy atom. The molecule has 0 amide bonds. The van der Waals surface area contributed by atoms with Crippen LogP contribution in [0.25, 0.3) is 11.0 Å². The highest BCUT2D eigenvalue weighted by Gasteiger charge is 2.40. The van der Waals surface area contributed by atoms with E-state index in [0.717, 1.165) is 0 Å². The lowest BCUT2D eigenvalue weighted by Gasteiger charge is -2.24. The maximum Gasteiger partial charge on any atom is 0.510 e. The number of carbonyl (C=O) groups excluding carboxylic acids is 1. The van der Waals surface area contributed by atoms with Crippen molar-refractivity contribution in [3.8, 4) is 12.3 Å². The molecule has 0 spiro atoms. The van der Waals surface area contributed by atoms with E-state index in [9.17, 15) is 4.79 Å². The SMILES string of the molecule is C#CC1(COCOC(=O)OC(C)C)CC[C@H](n2ccc3c(N)nc(Cl)nc32)O1. The topological polar surface area (TPSA) is 111 Å². The molecule has 2 aromatic heterocycles. The molecule has 2 N–H and O–H groups in total. The molecule has 10 heteroatoms. The highest BCUT2D eigenvalue weighted by molar-refractivity contribution is 6.28. The highest BCUT2D eigenvalue weighted by Crippen LogP contribution is 2.38. The van der Waals surface area contributed by atoms with E-state index in [1.165, 1.54) is 0 Å². The standard InChI is InChI=1S/C18H21ClN4O5/c1-4-18(9-25-10-26-17(24)27-11(2)3)7-5-13(28-18)23-8-6-12-14(20)21-16(19)22-15(12)23/h1,6,8,11,13H,5,7,9-10H2,2-3H3,(H2,20,21,22)/t13-,18?/m1/s1. The van der Waals surface area contributed by atoms with Gasteiger partial charge in [0.05, 0.1) is 18.1 Å². The van der Waals surface area contributed by atoms with Gasteiger partial charge >= 0.3 is 6.16 Å². The van der Waals surface area contributed by atoms with Gasteiger partial charge in [0, 0.05) is 6.20 Å². The molecule has 0 saturated carbocycles. The van der Waals surface area contributed by atoms with Gasteiger partial charge in [-0.15, -0.1) is 6.42 Å². The van der Waals surface area contributed by atoms with E-state index in [2.05, 4.69) is 15.9 Å². The summed E-state index contributed by atoms with van der Waals surface area (Å²) in [6.45, 7) is 3.22. The zero-order valence-corrected chi connectivity index (χ0v) is 16.3. The molecule has 0 aliphatic carbocycles. The largest absolute Gasteiger partial charge is 0.510 e. The predicted molar refractivity (Wildman–Crippen MR) is 101 cm³/mol. The Morgan fingerprint density at radius 1 is 1.57 bits per heavy atom. The summed E-state index contributed by atoms with van der Waals surface area (Å²) in [5.41, 5.74) is 5.51. The summed E-state index contributed by atoms with van der Waals surface area (Å²) >= 11 is 5.92. The maximum atomic E-state index is 11.4. The summed E-state index contributed by atoms with van der Waals surface area (Å²) in [7, 11) is 0. The van der Waals surface area contributed by atoms with Gasteiger partial charge in [0.2, 0.25) is 5.28 Å².